The minimum Gasteiger partial charge on any atom is -0.497 e. The van der Waals surface area contributed by atoms with E-state index >= 15 is 0 Å². The molecule has 1 aliphatic heterocycles. The van der Waals surface area contributed by atoms with E-state index in [0.29, 0.717) is 12.2 Å². The van der Waals surface area contributed by atoms with E-state index in [2.05, 4.69) is 5.32 Å². The van der Waals surface area contributed by atoms with Crippen LogP contribution in [0.25, 0.3) is 0 Å². The zero-order chi connectivity index (χ0) is 31.1. The van der Waals surface area contributed by atoms with Gasteiger partial charge in [-0.1, -0.05) is 73.9 Å². The molecular formula is C34H39N3O6S. The van der Waals surface area contributed by atoms with Gasteiger partial charge < -0.3 is 15.0 Å². The first kappa shape index (κ1) is 31.3. The molecule has 1 heterocycles. The van der Waals surface area contributed by atoms with Crippen LogP contribution in [0, 0.1) is 0 Å². The number of ether oxygens (including phenoxy) is 1. The molecule has 0 bridgehead atoms. The lowest BCUT2D eigenvalue weighted by atomic mass is 9.94. The number of fused-ring (bicyclic) bond motifs is 1. The maximum Gasteiger partial charge on any atom is 0.269 e. The van der Waals surface area contributed by atoms with Gasteiger partial charge in [0.1, 0.15) is 16.7 Å². The van der Waals surface area contributed by atoms with Crippen molar-refractivity contribution >= 4 is 27.7 Å². The predicted molar refractivity (Wildman–Crippen MR) is 166 cm³/mol. The summed E-state index contributed by atoms with van der Waals surface area (Å²) in [5.41, 5.74) is 1.86. The summed E-state index contributed by atoms with van der Waals surface area (Å²) in [6, 6.07) is 22.4. The first-order chi connectivity index (χ1) is 21.3. The number of carbonyl (C=O) groups is 3. The van der Waals surface area contributed by atoms with E-state index in [-0.39, 0.29) is 54.2 Å². The number of amides is 3. The molecule has 1 unspecified atom stereocenters. The zero-order valence-electron chi connectivity index (χ0n) is 25.0. The minimum absolute atomic E-state index is 0.0155. The molecule has 3 amide bonds. The van der Waals surface area contributed by atoms with Crippen LogP contribution in [0.5, 0.6) is 5.75 Å². The monoisotopic (exact) mass is 617 g/mol. The highest BCUT2D eigenvalue weighted by Crippen LogP contribution is 2.30. The van der Waals surface area contributed by atoms with Crippen molar-refractivity contribution in [3.63, 3.8) is 0 Å². The molecule has 1 fully saturated rings. The Bertz CT molecular complexity index is 1590. The van der Waals surface area contributed by atoms with Gasteiger partial charge in [-0.2, -0.15) is 0 Å². The Balaban J connectivity index is 1.38. The summed E-state index contributed by atoms with van der Waals surface area (Å²) >= 11 is 0. The number of methoxy groups -OCH3 is 1. The molecule has 0 radical (unpaired) electrons. The van der Waals surface area contributed by atoms with Crippen LogP contribution in [0.1, 0.15) is 66.4 Å². The summed E-state index contributed by atoms with van der Waals surface area (Å²) in [4.78, 5) is 42.5. The largest absolute Gasteiger partial charge is 0.497 e. The highest BCUT2D eigenvalue weighted by molar-refractivity contribution is 7.90. The Morgan fingerprint density at radius 2 is 1.66 bits per heavy atom. The molecule has 1 saturated carbocycles. The molecule has 5 rings (SSSR count). The van der Waals surface area contributed by atoms with Crippen LogP contribution in [0.2, 0.25) is 0 Å². The van der Waals surface area contributed by atoms with Crippen LogP contribution in [0.3, 0.4) is 0 Å². The van der Waals surface area contributed by atoms with Crippen LogP contribution in [0.15, 0.2) is 83.8 Å². The van der Waals surface area contributed by atoms with Crippen molar-refractivity contribution in [2.45, 2.75) is 74.9 Å². The van der Waals surface area contributed by atoms with Crippen LogP contribution in [-0.4, -0.2) is 61.1 Å². The van der Waals surface area contributed by atoms with E-state index in [1.807, 2.05) is 54.6 Å². The molecule has 0 spiro atoms. The lowest BCUT2D eigenvalue weighted by Gasteiger charge is -2.33. The summed E-state index contributed by atoms with van der Waals surface area (Å²) < 4.78 is 32.3. The van der Waals surface area contributed by atoms with Gasteiger partial charge in [0.2, 0.25) is 11.8 Å². The second-order valence-electron chi connectivity index (χ2n) is 11.4. The van der Waals surface area contributed by atoms with Gasteiger partial charge in [0.25, 0.3) is 15.9 Å². The van der Waals surface area contributed by atoms with Crippen LogP contribution in [-0.2, 0) is 32.6 Å². The first-order valence-electron chi connectivity index (χ1n) is 15.2. The lowest BCUT2D eigenvalue weighted by molar-refractivity contribution is -0.141. The van der Waals surface area contributed by atoms with E-state index in [0.717, 1.165) is 47.5 Å². The quantitative estimate of drug-likeness (QED) is 0.315. The molecular weight excluding hydrogens is 578 g/mol. The summed E-state index contributed by atoms with van der Waals surface area (Å²) in [6.45, 7) is 0.0320. The fraction of sp³-hybridized carbons (Fsp3) is 0.382. The van der Waals surface area contributed by atoms with Crippen molar-refractivity contribution in [1.29, 1.82) is 0 Å². The number of hydrogen-bond donors (Lipinski definition) is 1. The van der Waals surface area contributed by atoms with Crippen LogP contribution in [0.4, 0.5) is 0 Å². The summed E-state index contributed by atoms with van der Waals surface area (Å²) in [5.74, 6) is -0.451. The number of sulfonamides is 1. The van der Waals surface area contributed by atoms with E-state index in [1.165, 1.54) is 12.1 Å². The van der Waals surface area contributed by atoms with Gasteiger partial charge in [0.05, 0.1) is 12.7 Å². The summed E-state index contributed by atoms with van der Waals surface area (Å²) in [6.07, 6.45) is 5.49. The van der Waals surface area contributed by atoms with Gasteiger partial charge in [-0.3, -0.25) is 14.4 Å². The Hall–Kier alpha value is -4.18. The summed E-state index contributed by atoms with van der Waals surface area (Å²) in [5, 5.41) is 3.22. The average molecular weight is 618 g/mol. The minimum atomic E-state index is -3.98. The van der Waals surface area contributed by atoms with E-state index < -0.39 is 22.0 Å². The van der Waals surface area contributed by atoms with Gasteiger partial charge in [-0.15, -0.1) is 0 Å². The molecule has 0 aromatic heterocycles. The third-order valence-electron chi connectivity index (χ3n) is 8.37. The van der Waals surface area contributed by atoms with Gasteiger partial charge in [-0.05, 0) is 54.7 Å². The average Bonchev–Trinajstić information content (AvgIpc) is 3.24. The molecule has 3 aromatic carbocycles. The number of hydrogen-bond acceptors (Lipinski definition) is 6. The fourth-order valence-corrected chi connectivity index (χ4v) is 7.64. The number of carbonyl (C=O) groups excluding carboxylic acids is 3. The van der Waals surface area contributed by atoms with Gasteiger partial charge in [0.15, 0.2) is 0 Å². The Morgan fingerprint density at radius 1 is 0.955 bits per heavy atom. The second-order valence-corrected chi connectivity index (χ2v) is 13.2. The third-order valence-corrected chi connectivity index (χ3v) is 10.2. The van der Waals surface area contributed by atoms with Gasteiger partial charge >= 0.3 is 0 Å². The Morgan fingerprint density at radius 3 is 2.39 bits per heavy atom. The van der Waals surface area contributed by atoms with Crippen molar-refractivity contribution in [2.75, 3.05) is 13.7 Å². The number of nitrogens with one attached hydrogen (secondary N) is 1. The molecule has 1 atom stereocenters. The molecule has 1 N–H and O–H groups in total. The highest BCUT2D eigenvalue weighted by Gasteiger charge is 2.40. The van der Waals surface area contributed by atoms with Crippen molar-refractivity contribution < 1.29 is 27.5 Å². The van der Waals surface area contributed by atoms with Crippen LogP contribution >= 0.6 is 0 Å². The van der Waals surface area contributed by atoms with Gasteiger partial charge in [0, 0.05) is 32.0 Å². The van der Waals surface area contributed by atoms with Crippen molar-refractivity contribution in [1.82, 2.24) is 14.5 Å². The number of nitrogens with zero attached hydrogens (tertiary/aromatic N) is 2. The van der Waals surface area contributed by atoms with Gasteiger partial charge in [-0.25, -0.2) is 12.7 Å². The maximum absolute atomic E-state index is 14.0. The molecule has 9 nitrogen and oxygen atoms in total. The molecule has 2 aliphatic rings. The number of rotatable bonds is 12. The zero-order valence-corrected chi connectivity index (χ0v) is 25.8. The Kier molecular flexibility index (Phi) is 9.99. The standard InChI is InChI=1S/C34H39N3O6S/c1-43-28-17-10-14-26(22-28)24-36(30(23-25-12-4-2-5-13-25)33(39)35-27-15-6-3-7-16-27)32(38)20-11-21-37-34(40)29-18-8-9-19-31(29)44(37,41)42/h2,4-5,8-10,12-14,17-19,22,27,30H,3,6-7,11,15-16,20-21,23-24H2,1H3,(H,35,39). The normalized spacial score (nSPS) is 16.7. The first-order valence-corrected chi connectivity index (χ1v) is 16.6. The highest BCUT2D eigenvalue weighted by atomic mass is 32.2. The molecule has 44 heavy (non-hydrogen) atoms. The molecule has 1 aliphatic carbocycles. The fourth-order valence-electron chi connectivity index (χ4n) is 6.04. The lowest BCUT2D eigenvalue weighted by Crippen LogP contribution is -2.52. The maximum atomic E-state index is 14.0. The smallest absolute Gasteiger partial charge is 0.269 e. The van der Waals surface area contributed by atoms with E-state index in [9.17, 15) is 22.8 Å². The topological polar surface area (TPSA) is 113 Å². The third kappa shape index (κ3) is 7.13. The van der Waals surface area contributed by atoms with E-state index in [1.54, 1.807) is 24.1 Å². The summed E-state index contributed by atoms with van der Waals surface area (Å²) in [7, 11) is -2.40. The van der Waals surface area contributed by atoms with Crippen molar-refractivity contribution in [3.8, 4) is 5.75 Å². The molecule has 10 heteroatoms. The SMILES string of the molecule is COc1cccc(CN(C(=O)CCCN2C(=O)c3ccccc3S2(=O)=O)C(Cc2ccccc2)C(=O)NC2CCCCC2)c1. The Labute approximate surface area is 259 Å². The van der Waals surface area contributed by atoms with Crippen molar-refractivity contribution in [3.05, 3.63) is 95.6 Å². The van der Waals surface area contributed by atoms with Crippen molar-refractivity contribution in [2.24, 2.45) is 0 Å². The number of benzene rings is 3. The predicted octanol–water partition coefficient (Wildman–Crippen LogP) is 4.71. The van der Waals surface area contributed by atoms with Crippen LogP contribution < -0.4 is 10.1 Å². The molecule has 0 saturated heterocycles. The molecule has 3 aromatic rings. The molecule has 232 valence electrons. The second kappa shape index (κ2) is 14.1. The van der Waals surface area contributed by atoms with E-state index in [4.69, 9.17) is 4.74 Å².